The number of carbonyl (C=O) groups excluding carboxylic acids is 3. The van der Waals surface area contributed by atoms with Crippen LogP contribution in [0, 0.1) is 23.2 Å². The Balaban J connectivity index is 1.01. The summed E-state index contributed by atoms with van der Waals surface area (Å²) in [6, 6.07) is 10.9. The monoisotopic (exact) mass is 475 g/mol. The van der Waals surface area contributed by atoms with Gasteiger partial charge in [0.15, 0.2) is 5.76 Å². The molecule has 7 heteroatoms. The quantitative estimate of drug-likeness (QED) is 0.715. The van der Waals surface area contributed by atoms with E-state index in [1.165, 1.54) is 25.5 Å². The smallest absolute Gasteiger partial charge is 0.289 e. The summed E-state index contributed by atoms with van der Waals surface area (Å²) in [6.07, 6.45) is 8.69. The number of furan rings is 1. The van der Waals surface area contributed by atoms with Crippen molar-refractivity contribution in [2.75, 3.05) is 26.2 Å². The number of nitrogens with zero attached hydrogens (tertiary/aromatic N) is 2. The highest BCUT2D eigenvalue weighted by Gasteiger charge is 2.54. The van der Waals surface area contributed by atoms with Gasteiger partial charge in [-0.25, -0.2) is 0 Å². The standard InChI is InChI=1S/C28H33N3O4/c32-25(30-7-9-31(10-8-30)26(33)24-2-1-11-35-24)23-5-3-19(4-6-23)18-29-27(34)28-15-20-12-21(16-28)14-22(13-20)17-28/h1-6,11,20-22H,7-10,12-18H2,(H,29,34). The van der Waals surface area contributed by atoms with E-state index in [-0.39, 0.29) is 23.1 Å². The normalized spacial score (nSPS) is 29.3. The Morgan fingerprint density at radius 1 is 0.829 bits per heavy atom. The minimum atomic E-state index is -0.137. The van der Waals surface area contributed by atoms with E-state index >= 15 is 0 Å². The van der Waals surface area contributed by atoms with Crippen LogP contribution in [0.3, 0.4) is 0 Å². The van der Waals surface area contributed by atoms with Crippen LogP contribution in [0.25, 0.3) is 0 Å². The van der Waals surface area contributed by atoms with Crippen molar-refractivity contribution in [3.8, 4) is 0 Å². The van der Waals surface area contributed by atoms with Gasteiger partial charge in [-0.15, -0.1) is 0 Å². The molecule has 3 amide bonds. The van der Waals surface area contributed by atoms with E-state index in [1.807, 2.05) is 24.3 Å². The van der Waals surface area contributed by atoms with Gasteiger partial charge in [-0.1, -0.05) is 12.1 Å². The molecule has 2 heterocycles. The maximum atomic E-state index is 13.2. The van der Waals surface area contributed by atoms with Crippen LogP contribution in [0.1, 0.15) is 65.0 Å². The molecule has 4 bridgehead atoms. The molecule has 1 aromatic heterocycles. The Labute approximate surface area is 205 Å². The topological polar surface area (TPSA) is 82.9 Å². The van der Waals surface area contributed by atoms with E-state index in [4.69, 9.17) is 4.42 Å². The first kappa shape index (κ1) is 22.4. The second kappa shape index (κ2) is 8.85. The summed E-state index contributed by atoms with van der Waals surface area (Å²) in [4.78, 5) is 42.1. The van der Waals surface area contributed by atoms with Crippen molar-refractivity contribution < 1.29 is 18.8 Å². The van der Waals surface area contributed by atoms with Crippen molar-refractivity contribution in [2.24, 2.45) is 23.2 Å². The number of carbonyl (C=O) groups is 3. The number of amides is 3. The molecule has 5 fully saturated rings. The Morgan fingerprint density at radius 3 is 1.94 bits per heavy atom. The lowest BCUT2D eigenvalue weighted by Crippen LogP contribution is -2.53. The zero-order chi connectivity index (χ0) is 24.0. The zero-order valence-electron chi connectivity index (χ0n) is 20.1. The maximum Gasteiger partial charge on any atom is 0.289 e. The first-order valence-corrected chi connectivity index (χ1v) is 13.0. The van der Waals surface area contributed by atoms with Crippen molar-refractivity contribution in [1.29, 1.82) is 0 Å². The van der Waals surface area contributed by atoms with E-state index in [0.29, 0.717) is 44.0 Å². The number of rotatable bonds is 5. The summed E-state index contributed by atoms with van der Waals surface area (Å²) in [5.41, 5.74) is 1.51. The summed E-state index contributed by atoms with van der Waals surface area (Å²) in [5.74, 6) is 2.66. The van der Waals surface area contributed by atoms with Crippen molar-refractivity contribution in [3.63, 3.8) is 0 Å². The van der Waals surface area contributed by atoms with Gasteiger partial charge < -0.3 is 19.5 Å². The van der Waals surface area contributed by atoms with Gasteiger partial charge in [-0.05, 0) is 86.1 Å². The number of piperazine rings is 1. The average Bonchev–Trinajstić information content (AvgIpc) is 3.41. The Morgan fingerprint density at radius 2 is 1.40 bits per heavy atom. The van der Waals surface area contributed by atoms with Gasteiger partial charge >= 0.3 is 0 Å². The summed E-state index contributed by atoms with van der Waals surface area (Å²) in [5, 5.41) is 3.22. The summed E-state index contributed by atoms with van der Waals surface area (Å²) in [7, 11) is 0. The first-order valence-electron chi connectivity index (χ1n) is 13.0. The second-order valence-corrected chi connectivity index (χ2v) is 11.1. The molecule has 0 unspecified atom stereocenters. The number of benzene rings is 1. The third-order valence-electron chi connectivity index (χ3n) is 8.76. The highest BCUT2D eigenvalue weighted by molar-refractivity contribution is 5.95. The molecule has 0 spiro atoms. The molecule has 4 saturated carbocycles. The maximum absolute atomic E-state index is 13.2. The molecular formula is C28H33N3O4. The lowest BCUT2D eigenvalue weighted by atomic mass is 9.49. The van der Waals surface area contributed by atoms with Gasteiger partial charge in [0.1, 0.15) is 0 Å². The van der Waals surface area contributed by atoms with Crippen LogP contribution < -0.4 is 5.32 Å². The number of nitrogens with one attached hydrogen (secondary N) is 1. The predicted octanol–water partition coefficient (Wildman–Crippen LogP) is 3.71. The van der Waals surface area contributed by atoms with Gasteiger partial charge in [-0.2, -0.15) is 0 Å². The zero-order valence-corrected chi connectivity index (χ0v) is 20.1. The third kappa shape index (κ3) is 4.26. The molecule has 2 aromatic rings. The van der Waals surface area contributed by atoms with Crippen LogP contribution in [0.4, 0.5) is 0 Å². The molecule has 1 aliphatic heterocycles. The Bertz CT molecular complexity index is 1060. The van der Waals surface area contributed by atoms with E-state index in [1.54, 1.807) is 21.9 Å². The molecule has 5 aliphatic rings. The summed E-state index contributed by atoms with van der Waals surface area (Å²) >= 11 is 0. The molecule has 0 atom stereocenters. The van der Waals surface area contributed by atoms with Crippen molar-refractivity contribution in [3.05, 3.63) is 59.5 Å². The van der Waals surface area contributed by atoms with Crippen LogP contribution in [-0.4, -0.2) is 53.7 Å². The highest BCUT2D eigenvalue weighted by Crippen LogP contribution is 2.60. The van der Waals surface area contributed by atoms with Crippen molar-refractivity contribution >= 4 is 17.7 Å². The fraction of sp³-hybridized carbons (Fsp3) is 0.536. The SMILES string of the molecule is O=C(c1ccc(CNC(=O)C23CC4CC(CC(C4)C2)C3)cc1)N1CCN(C(=O)c2ccco2)CC1. The fourth-order valence-electron chi connectivity index (χ4n) is 7.38. The minimum absolute atomic E-state index is 0.0285. The van der Waals surface area contributed by atoms with Gasteiger partial charge in [0, 0.05) is 43.7 Å². The fourth-order valence-corrected chi connectivity index (χ4v) is 7.38. The molecule has 7 nitrogen and oxygen atoms in total. The molecule has 184 valence electrons. The Kier molecular flexibility index (Phi) is 5.66. The largest absolute Gasteiger partial charge is 0.459 e. The van der Waals surface area contributed by atoms with Crippen LogP contribution in [0.2, 0.25) is 0 Å². The van der Waals surface area contributed by atoms with Crippen molar-refractivity contribution in [2.45, 2.75) is 45.1 Å². The lowest BCUT2D eigenvalue weighted by Gasteiger charge is -2.55. The minimum Gasteiger partial charge on any atom is -0.459 e. The lowest BCUT2D eigenvalue weighted by molar-refractivity contribution is -0.146. The van der Waals surface area contributed by atoms with E-state index in [2.05, 4.69) is 5.32 Å². The molecule has 1 N–H and O–H groups in total. The van der Waals surface area contributed by atoms with E-state index in [9.17, 15) is 14.4 Å². The van der Waals surface area contributed by atoms with Gasteiger partial charge in [0.2, 0.25) is 5.91 Å². The van der Waals surface area contributed by atoms with Gasteiger partial charge in [0.25, 0.3) is 11.8 Å². The van der Waals surface area contributed by atoms with Crippen LogP contribution in [0.5, 0.6) is 0 Å². The van der Waals surface area contributed by atoms with Crippen LogP contribution in [0.15, 0.2) is 47.1 Å². The molecule has 1 aromatic carbocycles. The molecule has 7 rings (SSSR count). The first-order chi connectivity index (χ1) is 17.0. The molecule has 0 radical (unpaired) electrons. The molecule has 4 aliphatic carbocycles. The van der Waals surface area contributed by atoms with Gasteiger partial charge in [0.05, 0.1) is 6.26 Å². The number of hydrogen-bond acceptors (Lipinski definition) is 4. The van der Waals surface area contributed by atoms with Crippen LogP contribution >= 0.6 is 0 Å². The van der Waals surface area contributed by atoms with Crippen molar-refractivity contribution in [1.82, 2.24) is 15.1 Å². The average molecular weight is 476 g/mol. The third-order valence-corrected chi connectivity index (χ3v) is 8.76. The van der Waals surface area contributed by atoms with Crippen LogP contribution in [-0.2, 0) is 11.3 Å². The highest BCUT2D eigenvalue weighted by atomic mass is 16.3. The van der Waals surface area contributed by atoms with E-state index < -0.39 is 0 Å². The number of hydrogen-bond donors (Lipinski definition) is 1. The Hall–Kier alpha value is -3.09. The van der Waals surface area contributed by atoms with E-state index in [0.717, 1.165) is 42.6 Å². The predicted molar refractivity (Wildman–Crippen MR) is 129 cm³/mol. The summed E-state index contributed by atoms with van der Waals surface area (Å²) < 4.78 is 5.20. The van der Waals surface area contributed by atoms with Gasteiger partial charge in [-0.3, -0.25) is 14.4 Å². The second-order valence-electron chi connectivity index (χ2n) is 11.1. The molecule has 35 heavy (non-hydrogen) atoms. The summed E-state index contributed by atoms with van der Waals surface area (Å²) in [6.45, 7) is 2.46. The molecular weight excluding hydrogens is 442 g/mol. The molecule has 1 saturated heterocycles.